The van der Waals surface area contributed by atoms with Crippen LogP contribution in [0, 0.1) is 5.82 Å². The highest BCUT2D eigenvalue weighted by Gasteiger charge is 2.13. The molecule has 0 bridgehead atoms. The van der Waals surface area contributed by atoms with Crippen LogP contribution >= 0.6 is 38.9 Å². The average Bonchev–Trinajstić information content (AvgIpc) is 2.91. The van der Waals surface area contributed by atoms with E-state index >= 15 is 0 Å². The maximum absolute atomic E-state index is 14.0. The van der Waals surface area contributed by atoms with E-state index in [0.717, 1.165) is 15.7 Å². The third kappa shape index (κ3) is 2.64. The van der Waals surface area contributed by atoms with Crippen molar-refractivity contribution in [3.05, 3.63) is 63.2 Å². The molecule has 1 nitrogen and oxygen atoms in total. The van der Waals surface area contributed by atoms with Gasteiger partial charge in [0.15, 0.2) is 5.82 Å². The van der Waals surface area contributed by atoms with Crippen LogP contribution in [0.15, 0.2) is 52.3 Å². The van der Waals surface area contributed by atoms with Crippen LogP contribution in [-0.2, 0) is 0 Å². The number of halogens is 3. The molecule has 3 aromatic rings. The van der Waals surface area contributed by atoms with Crippen LogP contribution in [-0.4, -0.2) is 4.98 Å². The van der Waals surface area contributed by atoms with E-state index in [4.69, 9.17) is 11.6 Å². The Morgan fingerprint density at radius 1 is 1.15 bits per heavy atom. The van der Waals surface area contributed by atoms with Crippen LogP contribution < -0.4 is 0 Å². The minimum atomic E-state index is -0.427. The Kier molecular flexibility index (Phi) is 3.87. The number of thiazole rings is 1. The largest absolute Gasteiger partial charge is 0.236 e. The van der Waals surface area contributed by atoms with Crippen molar-refractivity contribution >= 4 is 38.9 Å². The molecule has 0 saturated carbocycles. The molecule has 3 rings (SSSR count). The number of hydrogen-bond acceptors (Lipinski definition) is 2. The van der Waals surface area contributed by atoms with Gasteiger partial charge in [0.2, 0.25) is 0 Å². The number of hydrogen-bond donors (Lipinski definition) is 0. The van der Waals surface area contributed by atoms with Crippen molar-refractivity contribution in [1.82, 2.24) is 4.98 Å². The Labute approximate surface area is 133 Å². The van der Waals surface area contributed by atoms with Gasteiger partial charge in [-0.15, -0.1) is 11.3 Å². The Bertz CT molecular complexity index is 772. The van der Waals surface area contributed by atoms with Crippen LogP contribution in [0.5, 0.6) is 0 Å². The molecular weight excluding hydrogens is 361 g/mol. The first-order chi connectivity index (χ1) is 9.65. The zero-order valence-corrected chi connectivity index (χ0v) is 13.3. The molecule has 0 spiro atoms. The molecule has 0 saturated heterocycles. The fraction of sp³-hybridized carbons (Fsp3) is 0. The highest BCUT2D eigenvalue weighted by atomic mass is 79.9. The lowest BCUT2D eigenvalue weighted by Gasteiger charge is -2.00. The van der Waals surface area contributed by atoms with Crippen molar-refractivity contribution in [1.29, 1.82) is 0 Å². The van der Waals surface area contributed by atoms with Gasteiger partial charge in [-0.1, -0.05) is 45.7 Å². The third-order valence-corrected chi connectivity index (χ3v) is 4.47. The van der Waals surface area contributed by atoms with Crippen LogP contribution in [0.25, 0.3) is 21.8 Å². The summed E-state index contributed by atoms with van der Waals surface area (Å²) in [5.74, 6) is -0.427. The van der Waals surface area contributed by atoms with Gasteiger partial charge >= 0.3 is 0 Å². The summed E-state index contributed by atoms with van der Waals surface area (Å²) in [6, 6.07) is 12.8. The zero-order chi connectivity index (χ0) is 14.1. The minimum Gasteiger partial charge on any atom is -0.236 e. The van der Waals surface area contributed by atoms with Crippen LogP contribution in [0.4, 0.5) is 4.39 Å². The molecule has 0 radical (unpaired) electrons. The summed E-state index contributed by atoms with van der Waals surface area (Å²) in [6.07, 6.45) is 0. The molecule has 0 aliphatic rings. The predicted molar refractivity (Wildman–Crippen MR) is 85.7 cm³/mol. The molecule has 0 fully saturated rings. The standard InChI is InChI=1S/C15H8BrClFNS/c16-10-4-1-3-9(7-10)13-8-20-15(19-13)11-5-2-6-12(17)14(11)18/h1-8H. The molecule has 100 valence electrons. The quantitative estimate of drug-likeness (QED) is 0.538. The molecule has 0 aliphatic carbocycles. The van der Waals surface area contributed by atoms with Gasteiger partial charge in [0.05, 0.1) is 10.7 Å². The van der Waals surface area contributed by atoms with E-state index in [1.807, 2.05) is 29.6 Å². The molecule has 2 aromatic carbocycles. The Balaban J connectivity index is 2.04. The first kappa shape index (κ1) is 13.7. The van der Waals surface area contributed by atoms with E-state index in [-0.39, 0.29) is 5.02 Å². The van der Waals surface area contributed by atoms with Crippen molar-refractivity contribution in [3.63, 3.8) is 0 Å². The summed E-state index contributed by atoms with van der Waals surface area (Å²) in [4.78, 5) is 4.49. The SMILES string of the molecule is Fc1c(Cl)cccc1-c1nc(-c2cccc(Br)c2)cs1. The summed E-state index contributed by atoms with van der Waals surface area (Å²) in [5, 5.41) is 2.65. The normalized spacial score (nSPS) is 10.8. The highest BCUT2D eigenvalue weighted by molar-refractivity contribution is 9.10. The van der Waals surface area contributed by atoms with Gasteiger partial charge in [-0.05, 0) is 24.3 Å². The first-order valence-electron chi connectivity index (χ1n) is 5.81. The number of nitrogens with zero attached hydrogens (tertiary/aromatic N) is 1. The maximum Gasteiger partial charge on any atom is 0.152 e. The van der Waals surface area contributed by atoms with E-state index in [0.29, 0.717) is 10.6 Å². The van der Waals surface area contributed by atoms with Gasteiger partial charge in [0, 0.05) is 21.0 Å². The van der Waals surface area contributed by atoms with Gasteiger partial charge in [0.1, 0.15) is 5.01 Å². The summed E-state index contributed by atoms with van der Waals surface area (Å²) in [7, 11) is 0. The molecule has 0 N–H and O–H groups in total. The van der Waals surface area contributed by atoms with Crippen molar-refractivity contribution in [3.8, 4) is 21.8 Å². The van der Waals surface area contributed by atoms with Crippen LogP contribution in [0.3, 0.4) is 0 Å². The lowest BCUT2D eigenvalue weighted by atomic mass is 10.2. The smallest absolute Gasteiger partial charge is 0.152 e. The van der Waals surface area contributed by atoms with E-state index in [2.05, 4.69) is 20.9 Å². The maximum atomic E-state index is 14.0. The van der Waals surface area contributed by atoms with Gasteiger partial charge in [-0.25, -0.2) is 9.37 Å². The van der Waals surface area contributed by atoms with Crippen molar-refractivity contribution in [2.75, 3.05) is 0 Å². The molecule has 0 atom stereocenters. The minimum absolute atomic E-state index is 0.113. The lowest BCUT2D eigenvalue weighted by Crippen LogP contribution is -1.85. The Morgan fingerprint density at radius 3 is 2.75 bits per heavy atom. The molecule has 0 aliphatic heterocycles. The molecule has 1 heterocycles. The van der Waals surface area contributed by atoms with Crippen LogP contribution in [0.1, 0.15) is 0 Å². The highest BCUT2D eigenvalue weighted by Crippen LogP contribution is 2.33. The summed E-state index contributed by atoms with van der Waals surface area (Å²) < 4.78 is 15.0. The molecule has 20 heavy (non-hydrogen) atoms. The summed E-state index contributed by atoms with van der Waals surface area (Å²) in [5.41, 5.74) is 2.25. The van der Waals surface area contributed by atoms with Gasteiger partial charge in [-0.2, -0.15) is 0 Å². The van der Waals surface area contributed by atoms with Gasteiger partial charge in [-0.3, -0.25) is 0 Å². The predicted octanol–water partition coefficient (Wildman–Crippen LogP) is 6.03. The molecular formula is C15H8BrClFNS. The van der Waals surface area contributed by atoms with Gasteiger partial charge in [0.25, 0.3) is 0 Å². The Hall–Kier alpha value is -1.23. The number of aromatic nitrogens is 1. The third-order valence-electron chi connectivity index (χ3n) is 2.81. The number of benzene rings is 2. The fourth-order valence-electron chi connectivity index (χ4n) is 1.85. The fourth-order valence-corrected chi connectivity index (χ4v) is 3.27. The van der Waals surface area contributed by atoms with Crippen LogP contribution in [0.2, 0.25) is 5.02 Å². The summed E-state index contributed by atoms with van der Waals surface area (Å²) >= 11 is 10.6. The van der Waals surface area contributed by atoms with E-state index in [1.165, 1.54) is 17.4 Å². The topological polar surface area (TPSA) is 12.9 Å². The van der Waals surface area contributed by atoms with E-state index in [1.54, 1.807) is 12.1 Å². The zero-order valence-electron chi connectivity index (χ0n) is 10.1. The number of rotatable bonds is 2. The van der Waals surface area contributed by atoms with Crippen molar-refractivity contribution < 1.29 is 4.39 Å². The second-order valence-electron chi connectivity index (χ2n) is 4.15. The van der Waals surface area contributed by atoms with Crippen molar-refractivity contribution in [2.45, 2.75) is 0 Å². The lowest BCUT2D eigenvalue weighted by molar-refractivity contribution is 0.631. The second kappa shape index (κ2) is 5.64. The average molecular weight is 369 g/mol. The second-order valence-corrected chi connectivity index (χ2v) is 6.33. The summed E-state index contributed by atoms with van der Waals surface area (Å²) in [6.45, 7) is 0. The molecule has 1 aromatic heterocycles. The molecule has 5 heteroatoms. The monoisotopic (exact) mass is 367 g/mol. The first-order valence-corrected chi connectivity index (χ1v) is 7.86. The molecule has 0 unspecified atom stereocenters. The van der Waals surface area contributed by atoms with Gasteiger partial charge < -0.3 is 0 Å². The van der Waals surface area contributed by atoms with E-state index in [9.17, 15) is 4.39 Å². The Morgan fingerprint density at radius 2 is 1.95 bits per heavy atom. The van der Waals surface area contributed by atoms with E-state index < -0.39 is 5.82 Å². The van der Waals surface area contributed by atoms with Crippen molar-refractivity contribution in [2.24, 2.45) is 0 Å². The molecule has 0 amide bonds.